The van der Waals surface area contributed by atoms with Crippen molar-refractivity contribution in [2.24, 2.45) is 0 Å². The van der Waals surface area contributed by atoms with Crippen LogP contribution >= 0.6 is 0 Å². The number of aliphatic hydroxyl groups excluding tert-OH is 1. The predicted molar refractivity (Wildman–Crippen MR) is 63.4 cm³/mol. The van der Waals surface area contributed by atoms with E-state index in [9.17, 15) is 0 Å². The first-order valence-corrected chi connectivity index (χ1v) is 5.80. The highest BCUT2D eigenvalue weighted by molar-refractivity contribution is 4.96. The van der Waals surface area contributed by atoms with E-state index >= 15 is 0 Å². The molecule has 0 aromatic rings. The number of hydrogen-bond donors (Lipinski definition) is 1. The third-order valence-corrected chi connectivity index (χ3v) is 2.30. The summed E-state index contributed by atoms with van der Waals surface area (Å²) in [5.74, 6) is 0. The lowest BCUT2D eigenvalue weighted by Gasteiger charge is -1.99. The summed E-state index contributed by atoms with van der Waals surface area (Å²) in [6.45, 7) is 3.98. The lowest BCUT2D eigenvalue weighted by atomic mass is 10.1. The van der Waals surface area contributed by atoms with E-state index in [1.807, 2.05) is 12.2 Å². The van der Waals surface area contributed by atoms with Crippen LogP contribution in [0.1, 0.15) is 51.4 Å². The Kier molecular flexibility index (Phi) is 11.9. The monoisotopic (exact) mass is 196 g/mol. The Morgan fingerprint density at radius 3 is 2.00 bits per heavy atom. The van der Waals surface area contributed by atoms with Crippen molar-refractivity contribution in [2.45, 2.75) is 51.4 Å². The maximum absolute atomic E-state index is 8.57. The van der Waals surface area contributed by atoms with E-state index in [-0.39, 0.29) is 0 Å². The molecule has 0 aromatic heterocycles. The Balaban J connectivity index is 2.91. The van der Waals surface area contributed by atoms with Crippen molar-refractivity contribution in [3.63, 3.8) is 0 Å². The van der Waals surface area contributed by atoms with E-state index in [0.717, 1.165) is 6.42 Å². The minimum absolute atomic E-state index is 0.354. The van der Waals surface area contributed by atoms with Crippen LogP contribution in [0.4, 0.5) is 0 Å². The maximum atomic E-state index is 8.57. The molecule has 0 bridgehead atoms. The third-order valence-electron chi connectivity index (χ3n) is 2.30. The zero-order chi connectivity index (χ0) is 10.5. The van der Waals surface area contributed by atoms with Crippen molar-refractivity contribution in [2.75, 3.05) is 6.61 Å². The summed E-state index contributed by atoms with van der Waals surface area (Å²) in [7, 11) is 0. The highest BCUT2D eigenvalue weighted by Gasteiger charge is 1.90. The second-order valence-corrected chi connectivity index (χ2v) is 3.65. The fourth-order valence-electron chi connectivity index (χ4n) is 1.45. The summed E-state index contributed by atoms with van der Waals surface area (Å²) >= 11 is 0. The second-order valence-electron chi connectivity index (χ2n) is 3.65. The summed E-state index contributed by atoms with van der Waals surface area (Å²) < 4.78 is 0. The Labute approximate surface area is 88.5 Å². The molecule has 82 valence electrons. The Hall–Kier alpha value is -0.560. The third kappa shape index (κ3) is 11.4. The lowest BCUT2D eigenvalue weighted by Crippen LogP contribution is -1.83. The lowest BCUT2D eigenvalue weighted by molar-refractivity contribution is 0.282. The van der Waals surface area contributed by atoms with Crippen LogP contribution in [0.5, 0.6) is 0 Å². The average molecular weight is 196 g/mol. The highest BCUT2D eigenvalue weighted by Crippen LogP contribution is 2.08. The van der Waals surface area contributed by atoms with Gasteiger partial charge in [-0.3, -0.25) is 0 Å². The van der Waals surface area contributed by atoms with E-state index in [1.165, 1.54) is 44.9 Å². The first-order chi connectivity index (χ1) is 6.91. The average Bonchev–Trinajstić information content (AvgIpc) is 2.21. The van der Waals surface area contributed by atoms with Gasteiger partial charge in [-0.1, -0.05) is 56.9 Å². The van der Waals surface area contributed by atoms with E-state index < -0.39 is 0 Å². The molecule has 0 aliphatic carbocycles. The number of allylic oxidation sites excluding steroid dienone is 3. The molecule has 0 fully saturated rings. The van der Waals surface area contributed by atoms with E-state index in [1.54, 1.807) is 0 Å². The van der Waals surface area contributed by atoms with Crippen LogP contribution in [-0.4, -0.2) is 11.7 Å². The molecule has 0 aliphatic rings. The summed E-state index contributed by atoms with van der Waals surface area (Å²) in [5.41, 5.74) is 0. The highest BCUT2D eigenvalue weighted by atomic mass is 16.2. The largest absolute Gasteiger partial charge is 0.396 e. The van der Waals surface area contributed by atoms with Crippen molar-refractivity contribution >= 4 is 0 Å². The molecule has 1 nitrogen and oxygen atoms in total. The number of hydrogen-bond acceptors (Lipinski definition) is 1. The van der Waals surface area contributed by atoms with Crippen LogP contribution in [-0.2, 0) is 0 Å². The molecule has 14 heavy (non-hydrogen) atoms. The molecule has 0 heterocycles. The minimum atomic E-state index is 0.354. The Bertz CT molecular complexity index is 138. The molecule has 0 amide bonds. The molecular formula is C13H24O. The molecule has 0 rings (SSSR count). The minimum Gasteiger partial charge on any atom is -0.396 e. The van der Waals surface area contributed by atoms with Gasteiger partial charge >= 0.3 is 0 Å². The van der Waals surface area contributed by atoms with Gasteiger partial charge in [0.05, 0.1) is 0 Å². The van der Waals surface area contributed by atoms with Gasteiger partial charge in [-0.2, -0.15) is 0 Å². The molecule has 0 spiro atoms. The molecule has 0 aliphatic heterocycles. The normalized spacial score (nSPS) is 10.9. The molecule has 0 aromatic carbocycles. The molecule has 0 unspecified atom stereocenters. The smallest absolute Gasteiger partial charge is 0.0431 e. The summed E-state index contributed by atoms with van der Waals surface area (Å²) in [4.78, 5) is 0. The van der Waals surface area contributed by atoms with Crippen molar-refractivity contribution in [3.8, 4) is 0 Å². The van der Waals surface area contributed by atoms with E-state index in [4.69, 9.17) is 5.11 Å². The second kappa shape index (κ2) is 12.4. The van der Waals surface area contributed by atoms with Crippen LogP contribution in [0.25, 0.3) is 0 Å². The number of aliphatic hydroxyl groups is 1. The van der Waals surface area contributed by atoms with Gasteiger partial charge in [0, 0.05) is 6.61 Å². The van der Waals surface area contributed by atoms with E-state index in [2.05, 4.69) is 12.7 Å². The van der Waals surface area contributed by atoms with Crippen molar-refractivity contribution in [1.82, 2.24) is 0 Å². The molecule has 0 saturated carbocycles. The molecule has 0 radical (unpaired) electrons. The first-order valence-electron chi connectivity index (χ1n) is 5.80. The number of rotatable bonds is 10. The van der Waals surface area contributed by atoms with Gasteiger partial charge < -0.3 is 5.11 Å². The quantitative estimate of drug-likeness (QED) is 0.416. The van der Waals surface area contributed by atoms with Crippen LogP contribution in [0.15, 0.2) is 24.8 Å². The zero-order valence-electron chi connectivity index (χ0n) is 9.25. The maximum Gasteiger partial charge on any atom is 0.0431 e. The summed E-state index contributed by atoms with van der Waals surface area (Å²) in [6.07, 6.45) is 15.9. The molecule has 1 heteroatoms. The van der Waals surface area contributed by atoms with Crippen LogP contribution in [0.2, 0.25) is 0 Å². The topological polar surface area (TPSA) is 20.2 Å². The van der Waals surface area contributed by atoms with Gasteiger partial charge in [-0.15, -0.1) is 0 Å². The summed E-state index contributed by atoms with van der Waals surface area (Å²) in [5, 5.41) is 8.57. The van der Waals surface area contributed by atoms with Gasteiger partial charge in [0.1, 0.15) is 0 Å². The number of unbranched alkanes of at least 4 members (excludes halogenated alkanes) is 7. The van der Waals surface area contributed by atoms with Crippen LogP contribution in [0.3, 0.4) is 0 Å². The summed E-state index contributed by atoms with van der Waals surface area (Å²) in [6, 6.07) is 0. The standard InChI is InChI=1S/C13H24O/c1-2-3-4-5-6-7-8-9-10-11-12-13-14/h2-4,14H,1,5-13H2. The van der Waals surface area contributed by atoms with Gasteiger partial charge in [-0.05, 0) is 19.3 Å². The van der Waals surface area contributed by atoms with E-state index in [0.29, 0.717) is 6.61 Å². The Morgan fingerprint density at radius 1 is 0.857 bits per heavy atom. The van der Waals surface area contributed by atoms with Crippen LogP contribution in [0, 0.1) is 0 Å². The van der Waals surface area contributed by atoms with Gasteiger partial charge in [-0.25, -0.2) is 0 Å². The first kappa shape index (κ1) is 13.4. The van der Waals surface area contributed by atoms with Crippen LogP contribution < -0.4 is 0 Å². The zero-order valence-corrected chi connectivity index (χ0v) is 9.25. The molecule has 1 N–H and O–H groups in total. The SMILES string of the molecule is C=CC=CCCCCCCCCCO. The fraction of sp³-hybridized carbons (Fsp3) is 0.692. The van der Waals surface area contributed by atoms with Gasteiger partial charge in [0.2, 0.25) is 0 Å². The van der Waals surface area contributed by atoms with Gasteiger partial charge in [0.25, 0.3) is 0 Å². The Morgan fingerprint density at radius 2 is 1.43 bits per heavy atom. The molecular weight excluding hydrogens is 172 g/mol. The molecule has 0 atom stereocenters. The fourth-order valence-corrected chi connectivity index (χ4v) is 1.45. The van der Waals surface area contributed by atoms with Gasteiger partial charge in [0.15, 0.2) is 0 Å². The van der Waals surface area contributed by atoms with Crippen molar-refractivity contribution in [1.29, 1.82) is 0 Å². The van der Waals surface area contributed by atoms with Crippen molar-refractivity contribution in [3.05, 3.63) is 24.8 Å². The molecule has 0 saturated heterocycles. The van der Waals surface area contributed by atoms with Crippen molar-refractivity contribution < 1.29 is 5.11 Å². The predicted octanol–water partition coefficient (Wildman–Crippen LogP) is 3.84.